The number of likely N-dealkylation sites (N-methyl/N-ethyl adjacent to an activating group) is 1. The van der Waals surface area contributed by atoms with E-state index in [1.807, 2.05) is 0 Å². The van der Waals surface area contributed by atoms with Gasteiger partial charge in [0.1, 0.15) is 12.1 Å². The molecule has 1 saturated heterocycles. The first-order valence-electron chi connectivity index (χ1n) is 19.5. The molecule has 1 heterocycles. The number of aliphatic hydroxyl groups is 2. The van der Waals surface area contributed by atoms with Crippen LogP contribution in [0.5, 0.6) is 0 Å². The van der Waals surface area contributed by atoms with E-state index in [1.165, 1.54) is 49.7 Å². The fourth-order valence-corrected chi connectivity index (χ4v) is 10.3. The summed E-state index contributed by atoms with van der Waals surface area (Å²) in [6.45, 7) is 11.7. The molecular formula is C42H64N4O4. The lowest BCUT2D eigenvalue weighted by Crippen LogP contribution is -2.62. The number of carbonyl (C=O) groups is 1. The van der Waals surface area contributed by atoms with Gasteiger partial charge in [-0.1, -0.05) is 94.6 Å². The number of fused-ring (bicyclic) bond motifs is 2. The van der Waals surface area contributed by atoms with Crippen molar-refractivity contribution < 1.29 is 19.8 Å². The maximum Gasteiger partial charge on any atom is 0.240 e. The van der Waals surface area contributed by atoms with Gasteiger partial charge in [0.15, 0.2) is 0 Å². The van der Waals surface area contributed by atoms with Gasteiger partial charge >= 0.3 is 0 Å². The molecule has 1 aliphatic heterocycles. The van der Waals surface area contributed by atoms with E-state index in [1.54, 1.807) is 12.0 Å². The molecule has 9 atom stereocenters. The zero-order valence-corrected chi connectivity index (χ0v) is 31.5. The maximum atomic E-state index is 14.2. The van der Waals surface area contributed by atoms with Gasteiger partial charge < -0.3 is 20.4 Å². The third kappa shape index (κ3) is 8.01. The average Bonchev–Trinajstić information content (AvgIpc) is 3.47. The monoisotopic (exact) mass is 688 g/mol. The van der Waals surface area contributed by atoms with E-state index in [2.05, 4.69) is 105 Å². The Kier molecular flexibility index (Phi) is 12.1. The Morgan fingerprint density at radius 3 is 2.38 bits per heavy atom. The van der Waals surface area contributed by atoms with Crippen LogP contribution in [0.25, 0.3) is 0 Å². The molecule has 8 nitrogen and oxygen atoms in total. The number of hydrogen-bond acceptors (Lipinski definition) is 7. The summed E-state index contributed by atoms with van der Waals surface area (Å²) in [6.07, 6.45) is 7.26. The molecule has 2 aromatic carbocycles. The Balaban J connectivity index is 1.22. The Labute approximate surface area is 301 Å². The third-order valence-corrected chi connectivity index (χ3v) is 13.2. The topological polar surface area (TPSA) is 88.5 Å². The number of hydroxylamine groups is 2. The molecule has 7 rings (SSSR count). The highest BCUT2D eigenvalue weighted by Crippen LogP contribution is 2.61. The predicted octanol–water partition coefficient (Wildman–Crippen LogP) is 6.03. The number of carbonyl (C=O) groups excluding carboxylic acids is 1. The second-order valence-corrected chi connectivity index (χ2v) is 17.1. The van der Waals surface area contributed by atoms with E-state index in [0.29, 0.717) is 41.7 Å². The van der Waals surface area contributed by atoms with Gasteiger partial charge in [-0.25, -0.2) is 0 Å². The summed E-state index contributed by atoms with van der Waals surface area (Å²) in [4.78, 5) is 25.5. The number of nitrogens with one attached hydrogen (secondary N) is 1. The van der Waals surface area contributed by atoms with Crippen LogP contribution in [0.2, 0.25) is 0 Å². The molecule has 0 aromatic heterocycles. The Morgan fingerprint density at radius 1 is 1.02 bits per heavy atom. The summed E-state index contributed by atoms with van der Waals surface area (Å²) in [6, 6.07) is 19.6. The molecule has 1 amide bonds. The number of hydrogen-bond donors (Lipinski definition) is 3. The molecule has 5 fully saturated rings. The van der Waals surface area contributed by atoms with E-state index >= 15 is 0 Å². The molecule has 4 aliphatic carbocycles. The molecule has 2 aromatic rings. The minimum absolute atomic E-state index is 0.105. The van der Waals surface area contributed by atoms with E-state index in [0.717, 1.165) is 31.6 Å². The zero-order valence-electron chi connectivity index (χ0n) is 31.5. The van der Waals surface area contributed by atoms with E-state index in [9.17, 15) is 15.0 Å². The number of amides is 1. The van der Waals surface area contributed by atoms with Crippen molar-refractivity contribution in [3.05, 3.63) is 71.3 Å². The molecule has 276 valence electrons. The van der Waals surface area contributed by atoms with Gasteiger partial charge in [0, 0.05) is 37.6 Å². The second-order valence-electron chi connectivity index (χ2n) is 17.1. The molecule has 3 N–H and O–H groups in total. The standard InChI is InChI=1S/C42H64N4O4/c1-28-35-23-34(42(35,3)4)24-36(28)43-41(49)40-38(29(2)48)37(27-47)50-46(40)26-31-15-13-14-30(22-31)25-45(21-20-44(5)6)39(32-16-9-7-10-17-32)33-18-11-8-12-19-33/h7,9-10,13-17,22,28-29,33-40,47-48H,8,11-12,18-21,23-27H2,1-6H3,(H,43,49). The average molecular weight is 689 g/mol. The van der Waals surface area contributed by atoms with Gasteiger partial charge in [-0.05, 0) is 92.5 Å². The highest BCUT2D eigenvalue weighted by atomic mass is 16.7. The van der Waals surface area contributed by atoms with Crippen LogP contribution in [0.3, 0.4) is 0 Å². The van der Waals surface area contributed by atoms with Crippen molar-refractivity contribution in [2.24, 2.45) is 35.0 Å². The first kappa shape index (κ1) is 37.4. The lowest BCUT2D eigenvalue weighted by atomic mass is 9.45. The molecule has 8 heteroatoms. The molecular weight excluding hydrogens is 624 g/mol. The van der Waals surface area contributed by atoms with Crippen molar-refractivity contribution in [1.82, 2.24) is 20.2 Å². The van der Waals surface area contributed by atoms with Crippen molar-refractivity contribution in [3.63, 3.8) is 0 Å². The van der Waals surface area contributed by atoms with Crippen LogP contribution < -0.4 is 5.32 Å². The fourth-order valence-electron chi connectivity index (χ4n) is 10.3. The molecule has 50 heavy (non-hydrogen) atoms. The van der Waals surface area contributed by atoms with Crippen LogP contribution >= 0.6 is 0 Å². The maximum absolute atomic E-state index is 14.2. The molecule has 2 bridgehead atoms. The summed E-state index contributed by atoms with van der Waals surface area (Å²) < 4.78 is 0. The highest BCUT2D eigenvalue weighted by molar-refractivity contribution is 5.82. The lowest BCUT2D eigenvalue weighted by Gasteiger charge is -2.62. The van der Waals surface area contributed by atoms with Crippen LogP contribution in [-0.2, 0) is 22.7 Å². The molecule has 4 saturated carbocycles. The normalized spacial score (nSPS) is 31.0. The first-order chi connectivity index (χ1) is 24.0. The summed E-state index contributed by atoms with van der Waals surface area (Å²) in [7, 11) is 4.30. The summed E-state index contributed by atoms with van der Waals surface area (Å²) in [5.74, 6) is 1.63. The first-order valence-corrected chi connectivity index (χ1v) is 19.5. The SMILES string of the molecule is CC(O)C1C(CO)ON(Cc2cccc(CN(CCN(C)C)C(c3ccccc3)C3CCCCC3)c2)C1C(=O)NC1CC2CC(C1C)C2(C)C. The third-order valence-electron chi connectivity index (χ3n) is 13.2. The van der Waals surface area contributed by atoms with Crippen molar-refractivity contribution >= 4 is 5.91 Å². The molecule has 0 radical (unpaired) electrons. The predicted molar refractivity (Wildman–Crippen MR) is 199 cm³/mol. The molecule has 5 aliphatic rings. The van der Waals surface area contributed by atoms with Crippen LogP contribution in [-0.4, -0.2) is 89.1 Å². The highest BCUT2D eigenvalue weighted by Gasteiger charge is 2.57. The van der Waals surface area contributed by atoms with Crippen LogP contribution in [0.1, 0.15) is 95.4 Å². The lowest BCUT2D eigenvalue weighted by molar-refractivity contribution is -0.183. The minimum atomic E-state index is -0.810. The summed E-state index contributed by atoms with van der Waals surface area (Å²) >= 11 is 0. The van der Waals surface area contributed by atoms with Crippen molar-refractivity contribution in [2.45, 2.75) is 116 Å². The van der Waals surface area contributed by atoms with Gasteiger partial charge in [-0.3, -0.25) is 14.5 Å². The second kappa shape index (κ2) is 16.1. The van der Waals surface area contributed by atoms with Gasteiger partial charge in [0.2, 0.25) is 5.91 Å². The number of aliphatic hydroxyl groups excluding tert-OH is 2. The number of rotatable bonds is 14. The Bertz CT molecular complexity index is 1400. The van der Waals surface area contributed by atoms with Gasteiger partial charge in [-0.2, -0.15) is 5.06 Å². The van der Waals surface area contributed by atoms with Crippen molar-refractivity contribution in [1.29, 1.82) is 0 Å². The minimum Gasteiger partial charge on any atom is -0.394 e. The van der Waals surface area contributed by atoms with Crippen LogP contribution in [0.15, 0.2) is 54.6 Å². The van der Waals surface area contributed by atoms with Crippen LogP contribution in [0, 0.1) is 35.0 Å². The molecule has 0 spiro atoms. The number of benzene rings is 2. The van der Waals surface area contributed by atoms with E-state index < -0.39 is 24.2 Å². The van der Waals surface area contributed by atoms with Crippen molar-refractivity contribution in [3.8, 4) is 0 Å². The van der Waals surface area contributed by atoms with Gasteiger partial charge in [-0.15, -0.1) is 0 Å². The Hall–Kier alpha value is -2.33. The van der Waals surface area contributed by atoms with Gasteiger partial charge in [0.05, 0.1) is 19.3 Å². The molecule has 9 unspecified atom stereocenters. The van der Waals surface area contributed by atoms with Crippen molar-refractivity contribution in [2.75, 3.05) is 33.8 Å². The van der Waals surface area contributed by atoms with E-state index in [-0.39, 0.29) is 18.6 Å². The van der Waals surface area contributed by atoms with Crippen LogP contribution in [0.4, 0.5) is 0 Å². The zero-order chi connectivity index (χ0) is 35.6. The smallest absolute Gasteiger partial charge is 0.240 e. The summed E-state index contributed by atoms with van der Waals surface area (Å²) in [5, 5.41) is 26.4. The quantitative estimate of drug-likeness (QED) is 0.223. The van der Waals surface area contributed by atoms with E-state index in [4.69, 9.17) is 4.84 Å². The fraction of sp³-hybridized carbons (Fsp3) is 0.690. The Morgan fingerprint density at radius 2 is 1.74 bits per heavy atom. The largest absolute Gasteiger partial charge is 0.394 e. The summed E-state index contributed by atoms with van der Waals surface area (Å²) in [5.41, 5.74) is 4.03. The number of nitrogens with zero attached hydrogens (tertiary/aromatic N) is 3. The van der Waals surface area contributed by atoms with Gasteiger partial charge in [0.25, 0.3) is 0 Å².